The van der Waals surface area contributed by atoms with Crippen molar-refractivity contribution in [1.82, 2.24) is 0 Å². The first-order valence-corrected chi connectivity index (χ1v) is 7.79. The molecule has 0 aromatic heterocycles. The molecule has 0 N–H and O–H groups in total. The SMILES string of the molecule is CN(C(=O)/C=C/c1ccc(OC(F)F)cc1OC(F)F)c1cccc(C#N)c1. The first-order valence-electron chi connectivity index (χ1n) is 7.79. The highest BCUT2D eigenvalue weighted by Gasteiger charge is 2.13. The summed E-state index contributed by atoms with van der Waals surface area (Å²) >= 11 is 0. The van der Waals surface area contributed by atoms with Gasteiger partial charge in [-0.05, 0) is 36.4 Å². The van der Waals surface area contributed by atoms with Gasteiger partial charge < -0.3 is 14.4 Å². The van der Waals surface area contributed by atoms with Crippen molar-refractivity contribution in [2.45, 2.75) is 13.2 Å². The van der Waals surface area contributed by atoms with E-state index >= 15 is 0 Å². The van der Waals surface area contributed by atoms with Gasteiger partial charge in [0.1, 0.15) is 11.5 Å². The zero-order valence-electron chi connectivity index (χ0n) is 14.5. The summed E-state index contributed by atoms with van der Waals surface area (Å²) in [7, 11) is 1.47. The molecule has 0 saturated carbocycles. The van der Waals surface area contributed by atoms with Crippen molar-refractivity contribution in [1.29, 1.82) is 5.26 Å². The number of nitriles is 1. The summed E-state index contributed by atoms with van der Waals surface area (Å²) in [6, 6.07) is 11.5. The quantitative estimate of drug-likeness (QED) is 0.515. The Morgan fingerprint density at radius 3 is 2.46 bits per heavy atom. The number of hydrogen-bond acceptors (Lipinski definition) is 4. The van der Waals surface area contributed by atoms with E-state index in [1.54, 1.807) is 18.2 Å². The van der Waals surface area contributed by atoms with E-state index in [1.807, 2.05) is 6.07 Å². The number of rotatable bonds is 7. The molecule has 0 aliphatic heterocycles. The second-order valence-corrected chi connectivity index (χ2v) is 5.35. The lowest BCUT2D eigenvalue weighted by atomic mass is 10.1. The van der Waals surface area contributed by atoms with Crippen molar-refractivity contribution in [3.8, 4) is 17.6 Å². The zero-order valence-corrected chi connectivity index (χ0v) is 14.5. The van der Waals surface area contributed by atoms with Crippen LogP contribution in [0.2, 0.25) is 0 Å². The first kappa shape index (κ1) is 20.8. The van der Waals surface area contributed by atoms with Crippen LogP contribution in [-0.2, 0) is 4.79 Å². The minimum atomic E-state index is -3.19. The van der Waals surface area contributed by atoms with Gasteiger partial charge in [-0.2, -0.15) is 22.8 Å². The average molecular weight is 394 g/mol. The van der Waals surface area contributed by atoms with E-state index in [-0.39, 0.29) is 11.3 Å². The highest BCUT2D eigenvalue weighted by molar-refractivity contribution is 6.03. The van der Waals surface area contributed by atoms with Crippen LogP contribution in [0.4, 0.5) is 23.2 Å². The highest BCUT2D eigenvalue weighted by Crippen LogP contribution is 2.28. The molecule has 2 aromatic rings. The Bertz CT molecular complexity index is 910. The van der Waals surface area contributed by atoms with Crippen LogP contribution in [0.3, 0.4) is 0 Å². The van der Waals surface area contributed by atoms with Gasteiger partial charge in [-0.3, -0.25) is 4.79 Å². The third-order valence-corrected chi connectivity index (χ3v) is 3.52. The number of ether oxygens (including phenoxy) is 2. The number of alkyl halides is 4. The number of anilines is 1. The van der Waals surface area contributed by atoms with Gasteiger partial charge in [0.2, 0.25) is 0 Å². The fraction of sp³-hybridized carbons (Fsp3) is 0.158. The second kappa shape index (κ2) is 9.41. The van der Waals surface area contributed by atoms with Gasteiger partial charge >= 0.3 is 13.2 Å². The predicted octanol–water partition coefficient (Wildman–Crippen LogP) is 4.44. The standard InChI is InChI=1S/C19H14F4N2O3/c1-25(14-4-2-3-12(9-14)11-24)17(26)8-6-13-5-7-15(27-18(20)21)10-16(13)28-19(22)23/h2-10,18-19H,1H3/b8-6+. The molecular weight excluding hydrogens is 380 g/mol. The molecule has 1 amide bonds. The highest BCUT2D eigenvalue weighted by atomic mass is 19.3. The molecule has 2 rings (SSSR count). The summed E-state index contributed by atoms with van der Waals surface area (Å²) in [5.41, 5.74) is 0.885. The Morgan fingerprint density at radius 1 is 1.11 bits per heavy atom. The van der Waals surface area contributed by atoms with Crippen LogP contribution in [-0.4, -0.2) is 26.2 Å². The summed E-state index contributed by atoms with van der Waals surface area (Å²) in [6.45, 7) is -6.32. The first-order chi connectivity index (χ1) is 13.3. The Morgan fingerprint density at radius 2 is 1.82 bits per heavy atom. The van der Waals surface area contributed by atoms with Crippen molar-refractivity contribution >= 4 is 17.7 Å². The lowest BCUT2D eigenvalue weighted by molar-refractivity contribution is -0.113. The fourth-order valence-corrected chi connectivity index (χ4v) is 2.21. The molecular formula is C19H14F4N2O3. The van der Waals surface area contributed by atoms with Gasteiger partial charge in [0.15, 0.2) is 0 Å². The number of carbonyl (C=O) groups is 1. The van der Waals surface area contributed by atoms with E-state index < -0.39 is 24.9 Å². The number of halogens is 4. The van der Waals surface area contributed by atoms with Gasteiger partial charge in [-0.1, -0.05) is 6.07 Å². The van der Waals surface area contributed by atoms with Gasteiger partial charge in [0.25, 0.3) is 5.91 Å². The van der Waals surface area contributed by atoms with Crippen LogP contribution < -0.4 is 14.4 Å². The van der Waals surface area contributed by atoms with E-state index in [4.69, 9.17) is 5.26 Å². The van der Waals surface area contributed by atoms with Gasteiger partial charge in [-0.25, -0.2) is 0 Å². The summed E-state index contributed by atoms with van der Waals surface area (Å²) < 4.78 is 58.2. The van der Waals surface area contributed by atoms with Crippen molar-refractivity contribution in [3.63, 3.8) is 0 Å². The summed E-state index contributed by atoms with van der Waals surface area (Å²) in [4.78, 5) is 13.6. The topological polar surface area (TPSA) is 62.6 Å². The van der Waals surface area contributed by atoms with Crippen LogP contribution >= 0.6 is 0 Å². The molecule has 0 atom stereocenters. The zero-order chi connectivity index (χ0) is 20.7. The summed E-state index contributed by atoms with van der Waals surface area (Å²) in [6.07, 6.45) is 2.30. The molecule has 0 spiro atoms. The molecule has 9 heteroatoms. The van der Waals surface area contributed by atoms with E-state index in [1.165, 1.54) is 30.2 Å². The molecule has 0 unspecified atom stereocenters. The summed E-state index contributed by atoms with van der Waals surface area (Å²) in [5.74, 6) is -1.29. The Hall–Kier alpha value is -3.54. The van der Waals surface area contributed by atoms with E-state index in [9.17, 15) is 22.4 Å². The van der Waals surface area contributed by atoms with Crippen molar-refractivity contribution in [2.24, 2.45) is 0 Å². The molecule has 146 valence electrons. The molecule has 0 aliphatic carbocycles. The van der Waals surface area contributed by atoms with Gasteiger partial charge in [-0.15, -0.1) is 0 Å². The number of amides is 1. The van der Waals surface area contributed by atoms with Crippen LogP contribution in [0.25, 0.3) is 6.08 Å². The van der Waals surface area contributed by atoms with Crippen LogP contribution in [0.15, 0.2) is 48.5 Å². The van der Waals surface area contributed by atoms with Crippen molar-refractivity contribution in [3.05, 3.63) is 59.7 Å². The van der Waals surface area contributed by atoms with Gasteiger partial charge in [0, 0.05) is 30.4 Å². The number of carbonyl (C=O) groups excluding carboxylic acids is 1. The van der Waals surface area contributed by atoms with Crippen LogP contribution in [0.5, 0.6) is 11.5 Å². The second-order valence-electron chi connectivity index (χ2n) is 5.35. The third kappa shape index (κ3) is 5.74. The van der Waals surface area contributed by atoms with E-state index in [2.05, 4.69) is 9.47 Å². The third-order valence-electron chi connectivity index (χ3n) is 3.52. The van der Waals surface area contributed by atoms with E-state index in [0.29, 0.717) is 11.3 Å². The maximum absolute atomic E-state index is 12.6. The minimum Gasteiger partial charge on any atom is -0.435 e. The molecule has 2 aromatic carbocycles. The van der Waals surface area contributed by atoms with Crippen molar-refractivity contribution < 1.29 is 31.8 Å². The number of likely N-dealkylation sites (N-methyl/N-ethyl adjacent to an activating group) is 1. The largest absolute Gasteiger partial charge is 0.435 e. The lowest BCUT2D eigenvalue weighted by Crippen LogP contribution is -2.23. The molecule has 5 nitrogen and oxygen atoms in total. The lowest BCUT2D eigenvalue weighted by Gasteiger charge is -2.15. The molecule has 0 radical (unpaired) electrons. The Balaban J connectivity index is 2.23. The molecule has 0 saturated heterocycles. The fourth-order valence-electron chi connectivity index (χ4n) is 2.21. The molecule has 0 fully saturated rings. The number of benzene rings is 2. The normalized spacial score (nSPS) is 10.9. The number of nitrogens with zero attached hydrogens (tertiary/aromatic N) is 2. The maximum Gasteiger partial charge on any atom is 0.387 e. The monoisotopic (exact) mass is 394 g/mol. The summed E-state index contributed by atoms with van der Waals surface area (Å²) in [5, 5.41) is 8.91. The molecule has 28 heavy (non-hydrogen) atoms. The molecule has 0 bridgehead atoms. The maximum atomic E-state index is 12.6. The Kier molecular flexibility index (Phi) is 6.98. The van der Waals surface area contributed by atoms with Gasteiger partial charge in [0.05, 0.1) is 11.6 Å². The average Bonchev–Trinajstić information content (AvgIpc) is 2.65. The number of hydrogen-bond donors (Lipinski definition) is 0. The minimum absolute atomic E-state index is 0.0643. The Labute approximate surface area is 158 Å². The van der Waals surface area contributed by atoms with E-state index in [0.717, 1.165) is 18.2 Å². The predicted molar refractivity (Wildman–Crippen MR) is 93.3 cm³/mol. The molecule has 0 heterocycles. The van der Waals surface area contributed by atoms with Crippen molar-refractivity contribution in [2.75, 3.05) is 11.9 Å². The molecule has 0 aliphatic rings. The van der Waals surface area contributed by atoms with Crippen LogP contribution in [0, 0.1) is 11.3 Å². The van der Waals surface area contributed by atoms with Crippen LogP contribution in [0.1, 0.15) is 11.1 Å². The smallest absolute Gasteiger partial charge is 0.387 e.